The lowest BCUT2D eigenvalue weighted by Gasteiger charge is -2.37. The zero-order valence-corrected chi connectivity index (χ0v) is 16.6. The second-order valence-electron chi connectivity index (χ2n) is 6.29. The zero-order valence-electron chi connectivity index (χ0n) is 15.8. The third-order valence-electron chi connectivity index (χ3n) is 4.87. The molecule has 7 heteroatoms. The molecule has 1 heterocycles. The molecule has 2 N–H and O–H groups in total. The van der Waals surface area contributed by atoms with Gasteiger partial charge >= 0.3 is 5.97 Å². The van der Waals surface area contributed by atoms with Crippen molar-refractivity contribution < 1.29 is 18.8 Å². The van der Waals surface area contributed by atoms with Crippen molar-refractivity contribution in [3.63, 3.8) is 0 Å². The molecule has 0 aliphatic carbocycles. The van der Waals surface area contributed by atoms with Gasteiger partial charge < -0.3 is 19.9 Å². The van der Waals surface area contributed by atoms with Gasteiger partial charge in [-0.25, -0.2) is 9.18 Å². The minimum Gasteiger partial charge on any atom is -0.466 e. The first-order valence-electron chi connectivity index (χ1n) is 8.89. The highest BCUT2D eigenvalue weighted by molar-refractivity contribution is 7.80. The van der Waals surface area contributed by atoms with Crippen molar-refractivity contribution in [3.8, 4) is 0 Å². The van der Waals surface area contributed by atoms with E-state index in [9.17, 15) is 9.18 Å². The number of benzene rings is 1. The Morgan fingerprint density at radius 2 is 2.08 bits per heavy atom. The maximum atomic E-state index is 13.7. The number of thiocarbonyl (C=S) groups is 1. The van der Waals surface area contributed by atoms with E-state index in [-0.39, 0.29) is 5.82 Å². The third-order valence-corrected chi connectivity index (χ3v) is 5.21. The first-order valence-corrected chi connectivity index (χ1v) is 9.29. The second-order valence-corrected chi connectivity index (χ2v) is 6.67. The van der Waals surface area contributed by atoms with Crippen LogP contribution in [0.5, 0.6) is 0 Å². The Hall–Kier alpha value is -1.99. The number of hydrogen-bond acceptors (Lipinski definition) is 3. The van der Waals surface area contributed by atoms with Crippen LogP contribution >= 0.6 is 12.2 Å². The number of nitrogens with zero attached hydrogens (tertiary/aromatic N) is 1. The number of carbonyl (C=O) groups excluding carboxylic acids is 1. The summed E-state index contributed by atoms with van der Waals surface area (Å²) in [5.74, 6) is -0.795. The normalized spacial score (nSPS) is 17.5. The van der Waals surface area contributed by atoms with E-state index in [1.807, 2.05) is 11.8 Å². The Morgan fingerprint density at radius 3 is 2.65 bits per heavy atom. The van der Waals surface area contributed by atoms with Crippen molar-refractivity contribution in [2.24, 2.45) is 0 Å². The fourth-order valence-corrected chi connectivity index (χ4v) is 3.58. The Balaban J connectivity index is 2.38. The zero-order chi connectivity index (χ0) is 19.3. The van der Waals surface area contributed by atoms with Crippen molar-refractivity contribution in [2.45, 2.75) is 26.8 Å². The number of nitrogens with one attached hydrogen (secondary N) is 2. The molecule has 0 saturated heterocycles. The minimum atomic E-state index is -0.525. The molecule has 142 valence electrons. The predicted octanol–water partition coefficient (Wildman–Crippen LogP) is 1.43. The van der Waals surface area contributed by atoms with Crippen molar-refractivity contribution in [2.75, 3.05) is 33.3 Å². The average molecular weight is 381 g/mol. The molecule has 0 fully saturated rings. The molecule has 0 radical (unpaired) electrons. The summed E-state index contributed by atoms with van der Waals surface area (Å²) in [6, 6.07) is 5.65. The summed E-state index contributed by atoms with van der Waals surface area (Å²) in [5.41, 5.74) is 1.85. The van der Waals surface area contributed by atoms with Gasteiger partial charge in [-0.05, 0) is 50.7 Å². The molecular formula is C19H27FN3O2S+. The number of esters is 1. The highest BCUT2D eigenvalue weighted by atomic mass is 32.1. The molecule has 0 spiro atoms. The van der Waals surface area contributed by atoms with Gasteiger partial charge in [-0.3, -0.25) is 0 Å². The van der Waals surface area contributed by atoms with Gasteiger partial charge in [0, 0.05) is 5.70 Å². The van der Waals surface area contributed by atoms with E-state index in [1.54, 1.807) is 12.1 Å². The van der Waals surface area contributed by atoms with Crippen molar-refractivity contribution in [1.82, 2.24) is 10.2 Å². The monoisotopic (exact) mass is 380 g/mol. The highest BCUT2D eigenvalue weighted by Gasteiger charge is 2.34. The molecule has 5 nitrogen and oxygen atoms in total. The Morgan fingerprint density at radius 1 is 1.38 bits per heavy atom. The number of allylic oxidation sites excluding steroid dienone is 1. The van der Waals surface area contributed by atoms with E-state index >= 15 is 0 Å². The van der Waals surface area contributed by atoms with Gasteiger partial charge in [-0.2, -0.15) is 0 Å². The summed E-state index contributed by atoms with van der Waals surface area (Å²) in [5, 5.41) is 3.73. The molecule has 0 unspecified atom stereocenters. The molecular weight excluding hydrogens is 353 g/mol. The first-order chi connectivity index (χ1) is 12.4. The van der Waals surface area contributed by atoms with Gasteiger partial charge in [-0.1, -0.05) is 12.1 Å². The van der Waals surface area contributed by atoms with Crippen LogP contribution in [0.15, 0.2) is 35.5 Å². The number of methoxy groups -OCH3 is 1. The van der Waals surface area contributed by atoms with Crippen LogP contribution in [-0.2, 0) is 9.53 Å². The van der Waals surface area contributed by atoms with Crippen LogP contribution < -0.4 is 10.2 Å². The topological polar surface area (TPSA) is 46.0 Å². The predicted molar refractivity (Wildman–Crippen MR) is 103 cm³/mol. The number of halogens is 1. The van der Waals surface area contributed by atoms with Crippen molar-refractivity contribution >= 4 is 23.3 Å². The number of carbonyl (C=O) groups is 1. The van der Waals surface area contributed by atoms with E-state index in [2.05, 4.69) is 19.2 Å². The van der Waals surface area contributed by atoms with E-state index in [0.717, 1.165) is 25.3 Å². The van der Waals surface area contributed by atoms with E-state index in [4.69, 9.17) is 17.0 Å². The van der Waals surface area contributed by atoms with E-state index in [1.165, 1.54) is 24.1 Å². The van der Waals surface area contributed by atoms with Crippen LogP contribution in [0.25, 0.3) is 0 Å². The molecule has 1 aliphatic rings. The van der Waals surface area contributed by atoms with Gasteiger partial charge in [0.25, 0.3) is 0 Å². The molecule has 1 atom stereocenters. The lowest BCUT2D eigenvalue weighted by Crippen LogP contribution is -3.12. The molecule has 1 aromatic carbocycles. The van der Waals surface area contributed by atoms with Crippen LogP contribution in [0.3, 0.4) is 0 Å². The van der Waals surface area contributed by atoms with Crippen molar-refractivity contribution in [3.05, 3.63) is 46.9 Å². The molecule has 26 heavy (non-hydrogen) atoms. The summed E-state index contributed by atoms with van der Waals surface area (Å²) in [6.45, 7) is 9.83. The molecule has 1 aliphatic heterocycles. The summed E-state index contributed by atoms with van der Waals surface area (Å²) in [6.07, 6.45) is 0. The van der Waals surface area contributed by atoms with Gasteiger partial charge in [-0.15, -0.1) is 0 Å². The Kier molecular flexibility index (Phi) is 7.11. The number of likely N-dealkylation sites (N-methyl/N-ethyl adjacent to an activating group) is 1. The third kappa shape index (κ3) is 4.40. The lowest BCUT2D eigenvalue weighted by atomic mass is 9.95. The van der Waals surface area contributed by atoms with Gasteiger partial charge in [0.15, 0.2) is 5.11 Å². The summed E-state index contributed by atoms with van der Waals surface area (Å²) in [7, 11) is 1.35. The molecule has 0 saturated carbocycles. The Labute approximate surface area is 159 Å². The maximum absolute atomic E-state index is 13.7. The summed E-state index contributed by atoms with van der Waals surface area (Å²) in [4.78, 5) is 15.8. The van der Waals surface area contributed by atoms with Crippen LogP contribution in [0.1, 0.15) is 32.4 Å². The molecule has 0 aromatic heterocycles. The van der Waals surface area contributed by atoms with E-state index in [0.29, 0.717) is 22.8 Å². The number of quaternary nitrogens is 1. The van der Waals surface area contributed by atoms with Crippen LogP contribution in [0.4, 0.5) is 4.39 Å². The maximum Gasteiger partial charge on any atom is 0.337 e. The first kappa shape index (κ1) is 20.3. The fourth-order valence-electron chi connectivity index (χ4n) is 3.23. The molecule has 2 rings (SSSR count). The molecule has 0 amide bonds. The van der Waals surface area contributed by atoms with E-state index < -0.39 is 12.0 Å². The van der Waals surface area contributed by atoms with Gasteiger partial charge in [0.05, 0.1) is 44.9 Å². The van der Waals surface area contributed by atoms with Crippen LogP contribution in [-0.4, -0.2) is 49.3 Å². The lowest BCUT2D eigenvalue weighted by molar-refractivity contribution is -0.895. The van der Waals surface area contributed by atoms with Crippen LogP contribution in [0.2, 0.25) is 0 Å². The molecule has 0 bridgehead atoms. The number of rotatable bonds is 7. The SMILES string of the molecule is CC[NH+](CC)CCN1C(=S)N[C@@H](c2cccc(F)c2)C(C(=O)OC)=C1C. The van der Waals surface area contributed by atoms with Crippen LogP contribution in [0, 0.1) is 5.82 Å². The molecule has 1 aromatic rings. The quantitative estimate of drug-likeness (QED) is 0.554. The smallest absolute Gasteiger partial charge is 0.337 e. The minimum absolute atomic E-state index is 0.357. The summed E-state index contributed by atoms with van der Waals surface area (Å²) >= 11 is 5.54. The van der Waals surface area contributed by atoms with Crippen molar-refractivity contribution in [1.29, 1.82) is 0 Å². The number of hydrogen-bond donors (Lipinski definition) is 2. The summed E-state index contributed by atoms with van der Waals surface area (Å²) < 4.78 is 18.7. The Bertz CT molecular complexity index is 704. The highest BCUT2D eigenvalue weighted by Crippen LogP contribution is 2.31. The largest absolute Gasteiger partial charge is 0.466 e. The number of ether oxygens (including phenoxy) is 1. The fraction of sp³-hybridized carbons (Fsp3) is 0.474. The average Bonchev–Trinajstić information content (AvgIpc) is 2.63. The van der Waals surface area contributed by atoms with Gasteiger partial charge in [0.2, 0.25) is 0 Å². The van der Waals surface area contributed by atoms with Gasteiger partial charge in [0.1, 0.15) is 5.82 Å². The standard InChI is InChI=1S/C19H26FN3O2S/c1-5-22(6-2)10-11-23-13(3)16(18(24)25-4)17(21-19(23)26)14-8-7-9-15(20)12-14/h7-9,12,17H,5-6,10-11H2,1-4H3,(H,21,26)/p+1/t17-/m0/s1. The second kappa shape index (κ2) is 9.09.